The van der Waals surface area contributed by atoms with Crippen LogP contribution in [0.1, 0.15) is 30.1 Å². The molecule has 1 heterocycles. The molecule has 1 aliphatic heterocycles. The third-order valence-electron chi connectivity index (χ3n) is 4.93. The summed E-state index contributed by atoms with van der Waals surface area (Å²) < 4.78 is 18.5. The average molecular weight is 455 g/mol. The molecule has 2 aromatic carbocycles. The molecule has 0 radical (unpaired) electrons. The highest BCUT2D eigenvalue weighted by molar-refractivity contribution is 6.44. The lowest BCUT2D eigenvalue weighted by molar-refractivity contribution is -0.119. The maximum Gasteiger partial charge on any atom is 0.271 e. The lowest BCUT2D eigenvalue weighted by Gasteiger charge is -2.20. The van der Waals surface area contributed by atoms with Gasteiger partial charge in [0.2, 0.25) is 5.91 Å². The maximum absolute atomic E-state index is 13.2. The summed E-state index contributed by atoms with van der Waals surface area (Å²) in [6.07, 6.45) is 0.694. The van der Waals surface area contributed by atoms with Gasteiger partial charge in [0.15, 0.2) is 0 Å². The molecule has 0 bridgehead atoms. The minimum atomic E-state index is -0.870. The van der Waals surface area contributed by atoms with Gasteiger partial charge in [0.1, 0.15) is 17.6 Å². The summed E-state index contributed by atoms with van der Waals surface area (Å²) in [4.78, 5) is 37.0. The maximum atomic E-state index is 13.2. The average Bonchev–Trinajstić information content (AvgIpc) is 3.25. The second-order valence-corrected chi connectivity index (χ2v) is 7.33. The second-order valence-electron chi connectivity index (χ2n) is 7.33. The Balaban J connectivity index is 1.66. The number of nitrogens with zero attached hydrogens (tertiary/aromatic N) is 2. The molecule has 10 heteroatoms. The quantitative estimate of drug-likeness (QED) is 0.473. The van der Waals surface area contributed by atoms with E-state index in [2.05, 4.69) is 15.7 Å². The highest BCUT2D eigenvalue weighted by atomic mass is 19.1. The Labute approximate surface area is 190 Å². The van der Waals surface area contributed by atoms with Crippen LogP contribution in [0.2, 0.25) is 0 Å². The van der Waals surface area contributed by atoms with E-state index in [4.69, 9.17) is 10.5 Å². The Morgan fingerprint density at radius 3 is 2.64 bits per heavy atom. The molecule has 1 atom stereocenters. The number of rotatable bonds is 10. The molecule has 9 nitrogen and oxygen atoms in total. The number of carbonyl (C=O) groups excluding carboxylic acids is 3. The molecule has 0 spiro atoms. The predicted octanol–water partition coefficient (Wildman–Crippen LogP) is 2.04. The Bertz CT molecular complexity index is 1040. The highest BCUT2D eigenvalue weighted by Gasteiger charge is 2.35. The van der Waals surface area contributed by atoms with Crippen LogP contribution in [0.25, 0.3) is 0 Å². The van der Waals surface area contributed by atoms with Crippen LogP contribution < -0.4 is 21.4 Å². The lowest BCUT2D eigenvalue weighted by atomic mass is 10.1. The molecule has 33 heavy (non-hydrogen) atoms. The van der Waals surface area contributed by atoms with Crippen molar-refractivity contribution in [3.05, 3.63) is 59.9 Å². The Kier molecular flexibility index (Phi) is 8.09. The molecule has 3 amide bonds. The molecule has 174 valence electrons. The summed E-state index contributed by atoms with van der Waals surface area (Å²) in [5.74, 6) is -1.89. The van der Waals surface area contributed by atoms with Gasteiger partial charge in [-0.25, -0.2) is 4.39 Å². The largest absolute Gasteiger partial charge is 0.382 e. The number of hydrogen-bond donors (Lipinski definition) is 3. The van der Waals surface area contributed by atoms with Gasteiger partial charge < -0.3 is 21.1 Å². The summed E-state index contributed by atoms with van der Waals surface area (Å²) in [6, 6.07) is 11.0. The van der Waals surface area contributed by atoms with Gasteiger partial charge in [-0.2, -0.15) is 5.10 Å². The van der Waals surface area contributed by atoms with Crippen LogP contribution in [-0.4, -0.2) is 49.2 Å². The van der Waals surface area contributed by atoms with Crippen LogP contribution in [0.4, 0.5) is 15.8 Å². The van der Waals surface area contributed by atoms with Crippen molar-refractivity contribution < 1.29 is 23.5 Å². The van der Waals surface area contributed by atoms with E-state index >= 15 is 0 Å². The number of halogens is 1. The lowest BCUT2D eigenvalue weighted by Crippen LogP contribution is -2.39. The summed E-state index contributed by atoms with van der Waals surface area (Å²) in [7, 11) is 0. The molecule has 2 aromatic rings. The van der Waals surface area contributed by atoms with Crippen molar-refractivity contribution in [3.63, 3.8) is 0 Å². The summed E-state index contributed by atoms with van der Waals surface area (Å²) in [5.41, 5.74) is 6.80. The molecule has 0 aromatic heterocycles. The zero-order valence-corrected chi connectivity index (χ0v) is 18.2. The van der Waals surface area contributed by atoms with E-state index in [0.29, 0.717) is 43.1 Å². The Morgan fingerprint density at radius 1 is 1.18 bits per heavy atom. The van der Waals surface area contributed by atoms with E-state index in [1.54, 1.807) is 24.3 Å². The number of nitrogens with one attached hydrogen (secondary N) is 2. The van der Waals surface area contributed by atoms with Crippen LogP contribution in [0.15, 0.2) is 53.6 Å². The summed E-state index contributed by atoms with van der Waals surface area (Å²) in [6.45, 7) is 3.57. The van der Waals surface area contributed by atoms with Gasteiger partial charge in [0, 0.05) is 37.4 Å². The fourth-order valence-corrected chi connectivity index (χ4v) is 3.26. The van der Waals surface area contributed by atoms with Crippen LogP contribution >= 0.6 is 0 Å². The third kappa shape index (κ3) is 6.36. The first-order chi connectivity index (χ1) is 15.9. The molecular weight excluding hydrogens is 429 g/mol. The van der Waals surface area contributed by atoms with Crippen molar-refractivity contribution in [1.82, 2.24) is 5.32 Å². The molecule has 0 saturated heterocycles. The minimum Gasteiger partial charge on any atom is -0.382 e. The van der Waals surface area contributed by atoms with Crippen molar-refractivity contribution in [3.8, 4) is 0 Å². The van der Waals surface area contributed by atoms with Gasteiger partial charge in [0.25, 0.3) is 11.8 Å². The molecular formula is C23H26FN5O4. The van der Waals surface area contributed by atoms with Crippen molar-refractivity contribution in [2.45, 2.75) is 25.8 Å². The molecule has 0 saturated carbocycles. The van der Waals surface area contributed by atoms with Gasteiger partial charge in [-0.15, -0.1) is 0 Å². The van der Waals surface area contributed by atoms with E-state index < -0.39 is 23.7 Å². The number of nitrogens with two attached hydrogens (primary N) is 1. The van der Waals surface area contributed by atoms with Crippen molar-refractivity contribution in [2.75, 3.05) is 30.1 Å². The van der Waals surface area contributed by atoms with Gasteiger partial charge in [-0.05, 0) is 55.8 Å². The normalized spacial score (nSPS) is 15.2. The zero-order valence-electron chi connectivity index (χ0n) is 18.2. The summed E-state index contributed by atoms with van der Waals surface area (Å²) >= 11 is 0. The molecule has 0 fully saturated rings. The van der Waals surface area contributed by atoms with E-state index in [-0.39, 0.29) is 18.0 Å². The molecule has 1 aliphatic rings. The smallest absolute Gasteiger partial charge is 0.271 e. The number of benzene rings is 2. The van der Waals surface area contributed by atoms with Gasteiger partial charge >= 0.3 is 0 Å². The standard InChI is InChI=1S/C23H26FN5O4/c1-2-33-12-4-11-26-22(31)15-5-3-6-17(13-15)27-23(32)19-14-20(21(25)30)29(28-19)18-9-7-16(24)8-10-18/h3,5-10,13,20H,2,4,11-12,14H2,1H3,(H2,25,30)(H,26,31)(H,27,32). The van der Waals surface area contributed by atoms with Crippen LogP contribution in [0.5, 0.6) is 0 Å². The van der Waals surface area contributed by atoms with Gasteiger partial charge in [-0.3, -0.25) is 19.4 Å². The Morgan fingerprint density at radius 2 is 1.94 bits per heavy atom. The molecule has 4 N–H and O–H groups in total. The van der Waals surface area contributed by atoms with Gasteiger partial charge in [0.05, 0.1) is 5.69 Å². The van der Waals surface area contributed by atoms with E-state index in [1.807, 2.05) is 6.92 Å². The van der Waals surface area contributed by atoms with E-state index in [9.17, 15) is 18.8 Å². The zero-order chi connectivity index (χ0) is 23.8. The number of anilines is 2. The number of hydrogen-bond acceptors (Lipinski definition) is 6. The number of hydrazone groups is 1. The molecule has 1 unspecified atom stereocenters. The highest BCUT2D eigenvalue weighted by Crippen LogP contribution is 2.25. The van der Waals surface area contributed by atoms with E-state index in [0.717, 1.165) is 0 Å². The first-order valence-electron chi connectivity index (χ1n) is 10.6. The van der Waals surface area contributed by atoms with Crippen molar-refractivity contribution in [2.24, 2.45) is 10.8 Å². The number of amides is 3. The van der Waals surface area contributed by atoms with Gasteiger partial charge in [-0.1, -0.05) is 6.07 Å². The van der Waals surface area contributed by atoms with E-state index in [1.165, 1.54) is 29.3 Å². The fourth-order valence-electron chi connectivity index (χ4n) is 3.26. The molecule has 3 rings (SSSR count). The van der Waals surface area contributed by atoms with Crippen LogP contribution in [0.3, 0.4) is 0 Å². The first kappa shape index (κ1) is 23.9. The SMILES string of the molecule is CCOCCCNC(=O)c1cccc(NC(=O)C2=NN(c3ccc(F)cc3)C(C(N)=O)C2)c1. The first-order valence-corrected chi connectivity index (χ1v) is 10.6. The topological polar surface area (TPSA) is 126 Å². The van der Waals surface area contributed by atoms with Crippen molar-refractivity contribution in [1.29, 1.82) is 0 Å². The number of primary amides is 1. The monoisotopic (exact) mass is 455 g/mol. The minimum absolute atomic E-state index is 0.00144. The summed E-state index contributed by atoms with van der Waals surface area (Å²) in [5, 5.41) is 11.0. The number of ether oxygens (including phenoxy) is 1. The van der Waals surface area contributed by atoms with Crippen LogP contribution in [-0.2, 0) is 14.3 Å². The third-order valence-corrected chi connectivity index (χ3v) is 4.93. The second kappa shape index (κ2) is 11.2. The fraction of sp³-hybridized carbons (Fsp3) is 0.304. The number of carbonyl (C=O) groups is 3. The predicted molar refractivity (Wildman–Crippen MR) is 122 cm³/mol. The van der Waals surface area contributed by atoms with Crippen LogP contribution in [0, 0.1) is 5.82 Å². The van der Waals surface area contributed by atoms with Crippen molar-refractivity contribution >= 4 is 34.8 Å². The Hall–Kier alpha value is -3.79. The molecule has 0 aliphatic carbocycles.